The smallest absolute Gasteiger partial charge is 0.380 e. The molecule has 0 saturated carbocycles. The summed E-state index contributed by atoms with van der Waals surface area (Å²) >= 11 is 0. The van der Waals surface area contributed by atoms with Gasteiger partial charge in [-0.05, 0) is 18.6 Å². The zero-order chi connectivity index (χ0) is 20.8. The van der Waals surface area contributed by atoms with Crippen molar-refractivity contribution < 1.29 is 36.4 Å². The van der Waals surface area contributed by atoms with Crippen molar-refractivity contribution in [1.82, 2.24) is 20.8 Å². The molecule has 4 amide bonds. The van der Waals surface area contributed by atoms with Gasteiger partial charge in [-0.25, -0.2) is 4.79 Å². The van der Waals surface area contributed by atoms with Gasteiger partial charge >= 0.3 is 16.4 Å². The second kappa shape index (κ2) is 6.95. The van der Waals surface area contributed by atoms with Crippen molar-refractivity contribution in [3.8, 4) is 0 Å². The Balaban J connectivity index is 1.49. The minimum Gasteiger partial charge on any atom is -0.380 e. The molecule has 0 aromatic heterocycles. The Bertz CT molecular complexity index is 949. The highest BCUT2D eigenvalue weighted by Gasteiger charge is 2.63. The summed E-state index contributed by atoms with van der Waals surface area (Å²) in [5, 5.41) is 0.577. The number of hydrogen-bond acceptors (Lipinski definition) is 7. The Morgan fingerprint density at radius 3 is 2.48 bits per heavy atom. The van der Waals surface area contributed by atoms with E-state index >= 15 is 0 Å². The molecule has 13 heteroatoms. The van der Waals surface area contributed by atoms with Gasteiger partial charge in [0.2, 0.25) is 0 Å². The number of hydrogen-bond donors (Lipinski definition) is 3. The first-order valence-corrected chi connectivity index (χ1v) is 10.1. The zero-order valence-electron chi connectivity index (χ0n) is 15.0. The number of rotatable bonds is 4. The summed E-state index contributed by atoms with van der Waals surface area (Å²) in [5.74, 6) is -1.17. The SMILES string of the molecule is O=C(NNC(=O)C1CC2(COC2)C2CN1C(=O)N2OS(=O)(=O)O)c1ccccc1. The number of fused-ring (bicyclic) bond motifs is 3. The lowest BCUT2D eigenvalue weighted by Crippen LogP contribution is -2.64. The van der Waals surface area contributed by atoms with Gasteiger partial charge in [0.15, 0.2) is 0 Å². The molecule has 3 fully saturated rings. The number of amides is 4. The summed E-state index contributed by atoms with van der Waals surface area (Å²) in [6, 6.07) is 5.68. The van der Waals surface area contributed by atoms with Crippen LogP contribution in [0.1, 0.15) is 16.8 Å². The van der Waals surface area contributed by atoms with Gasteiger partial charge in [0.1, 0.15) is 6.04 Å². The Hall–Kier alpha value is -2.74. The van der Waals surface area contributed by atoms with Crippen LogP contribution in [0, 0.1) is 5.41 Å². The Morgan fingerprint density at radius 1 is 1.21 bits per heavy atom. The minimum atomic E-state index is -4.92. The van der Waals surface area contributed by atoms with Crippen LogP contribution in [0.15, 0.2) is 30.3 Å². The van der Waals surface area contributed by atoms with E-state index in [1.54, 1.807) is 30.3 Å². The number of carbonyl (C=O) groups is 3. The highest BCUT2D eigenvalue weighted by atomic mass is 32.3. The van der Waals surface area contributed by atoms with Crippen LogP contribution in [0.3, 0.4) is 0 Å². The molecule has 1 aromatic rings. The van der Waals surface area contributed by atoms with Crippen LogP contribution in [-0.4, -0.2) is 72.6 Å². The fraction of sp³-hybridized carbons (Fsp3) is 0.438. The van der Waals surface area contributed by atoms with E-state index in [0.717, 1.165) is 4.90 Å². The van der Waals surface area contributed by atoms with Gasteiger partial charge in [-0.1, -0.05) is 18.2 Å². The third kappa shape index (κ3) is 3.53. The standard InChI is InChI=1S/C16H18N4O8S/c21-13(10-4-2-1-3-5-10)17-18-14(22)11-6-16(8-27-9-16)12-7-19(11)15(23)20(12)28-29(24,25)26/h1-5,11-12H,6-9H2,(H,17,21)(H,18,22)(H,24,25,26). The van der Waals surface area contributed by atoms with E-state index < -0.39 is 45.7 Å². The molecular formula is C16H18N4O8S. The molecule has 29 heavy (non-hydrogen) atoms. The van der Waals surface area contributed by atoms with Gasteiger partial charge in [0.05, 0.1) is 19.3 Å². The molecule has 0 radical (unpaired) electrons. The van der Waals surface area contributed by atoms with Crippen LogP contribution in [0.4, 0.5) is 4.79 Å². The number of nitrogens with zero attached hydrogens (tertiary/aromatic N) is 2. The second-order valence-electron chi connectivity index (χ2n) is 7.16. The average molecular weight is 426 g/mol. The number of piperidine rings is 1. The van der Waals surface area contributed by atoms with Crippen LogP contribution in [-0.2, 0) is 24.2 Å². The number of nitrogens with one attached hydrogen (secondary N) is 2. The van der Waals surface area contributed by atoms with E-state index in [9.17, 15) is 22.8 Å². The van der Waals surface area contributed by atoms with E-state index in [-0.39, 0.29) is 26.2 Å². The maximum atomic E-state index is 12.7. The summed E-state index contributed by atoms with van der Waals surface area (Å²) in [6.07, 6.45) is 0.182. The Morgan fingerprint density at radius 2 is 1.90 bits per heavy atom. The van der Waals surface area contributed by atoms with Crippen molar-refractivity contribution in [2.45, 2.75) is 18.5 Å². The summed E-state index contributed by atoms with van der Waals surface area (Å²) in [7, 11) is -4.92. The van der Waals surface area contributed by atoms with Gasteiger partial charge < -0.3 is 9.64 Å². The summed E-state index contributed by atoms with van der Waals surface area (Å²) in [4.78, 5) is 38.6. The van der Waals surface area contributed by atoms with E-state index in [2.05, 4.69) is 15.1 Å². The lowest BCUT2D eigenvalue weighted by Gasteiger charge is -2.50. The first-order chi connectivity index (χ1) is 13.7. The summed E-state index contributed by atoms with van der Waals surface area (Å²) in [5.41, 5.74) is 4.24. The van der Waals surface area contributed by atoms with Crippen molar-refractivity contribution in [2.24, 2.45) is 5.41 Å². The summed E-state index contributed by atoms with van der Waals surface area (Å²) < 4.78 is 40.9. The van der Waals surface area contributed by atoms with Gasteiger partial charge in [0, 0.05) is 17.5 Å². The van der Waals surface area contributed by atoms with Gasteiger partial charge in [0.25, 0.3) is 11.8 Å². The monoisotopic (exact) mass is 426 g/mol. The Labute approximate surface area is 165 Å². The van der Waals surface area contributed by atoms with Crippen LogP contribution in [0.5, 0.6) is 0 Å². The Kier molecular flexibility index (Phi) is 4.69. The van der Waals surface area contributed by atoms with Crippen molar-refractivity contribution in [1.29, 1.82) is 0 Å². The van der Waals surface area contributed by atoms with Crippen molar-refractivity contribution >= 4 is 28.2 Å². The van der Waals surface area contributed by atoms with Crippen LogP contribution >= 0.6 is 0 Å². The molecule has 4 rings (SSSR count). The predicted octanol–water partition coefficient (Wildman–Crippen LogP) is -0.923. The number of urea groups is 1. The van der Waals surface area contributed by atoms with E-state index in [1.165, 1.54) is 0 Å². The molecule has 2 atom stereocenters. The van der Waals surface area contributed by atoms with Gasteiger partial charge in [-0.15, -0.1) is 4.28 Å². The van der Waals surface area contributed by atoms with Gasteiger partial charge in [-0.2, -0.15) is 13.5 Å². The highest BCUT2D eigenvalue weighted by molar-refractivity contribution is 7.80. The third-order valence-corrected chi connectivity index (χ3v) is 5.71. The maximum absolute atomic E-state index is 12.7. The molecule has 1 aromatic carbocycles. The first-order valence-electron chi connectivity index (χ1n) is 8.70. The number of hydrazine groups is 1. The van der Waals surface area contributed by atoms with Crippen LogP contribution in [0.25, 0.3) is 0 Å². The van der Waals surface area contributed by atoms with E-state index in [0.29, 0.717) is 10.6 Å². The molecular weight excluding hydrogens is 408 g/mol. The molecule has 12 nitrogen and oxygen atoms in total. The topological polar surface area (TPSA) is 155 Å². The fourth-order valence-corrected chi connectivity index (χ4v) is 4.26. The number of hydroxylamine groups is 2. The number of ether oxygens (including phenoxy) is 1. The van der Waals surface area contributed by atoms with Gasteiger partial charge in [-0.3, -0.25) is 25.0 Å². The zero-order valence-corrected chi connectivity index (χ0v) is 15.8. The molecule has 3 aliphatic rings. The average Bonchev–Trinajstić information content (AvgIpc) is 2.91. The molecule has 156 valence electrons. The molecule has 2 bridgehead atoms. The lowest BCUT2D eigenvalue weighted by molar-refractivity contribution is -0.192. The molecule has 3 saturated heterocycles. The first kappa shape index (κ1) is 19.6. The van der Waals surface area contributed by atoms with Crippen LogP contribution in [0.2, 0.25) is 0 Å². The number of carbonyl (C=O) groups excluding carboxylic acids is 3. The van der Waals surface area contributed by atoms with Crippen molar-refractivity contribution in [3.63, 3.8) is 0 Å². The van der Waals surface area contributed by atoms with E-state index in [4.69, 9.17) is 9.29 Å². The molecule has 3 heterocycles. The number of benzene rings is 1. The summed E-state index contributed by atoms with van der Waals surface area (Å²) in [6.45, 7) is 0.414. The maximum Gasteiger partial charge on any atom is 0.418 e. The fourth-order valence-electron chi connectivity index (χ4n) is 3.89. The lowest BCUT2D eigenvalue weighted by atomic mass is 9.71. The van der Waals surface area contributed by atoms with Crippen molar-refractivity contribution in [3.05, 3.63) is 35.9 Å². The quantitative estimate of drug-likeness (QED) is 0.412. The van der Waals surface area contributed by atoms with Crippen molar-refractivity contribution in [2.75, 3.05) is 19.8 Å². The minimum absolute atomic E-state index is 0.0163. The van der Waals surface area contributed by atoms with Crippen LogP contribution < -0.4 is 10.9 Å². The molecule has 3 N–H and O–H groups in total. The molecule has 3 aliphatic heterocycles. The largest absolute Gasteiger partial charge is 0.418 e. The van der Waals surface area contributed by atoms with E-state index in [1.807, 2.05) is 0 Å². The second-order valence-corrected chi connectivity index (χ2v) is 8.17. The molecule has 2 unspecified atom stereocenters. The third-order valence-electron chi connectivity index (χ3n) is 5.36. The molecule has 1 spiro atoms. The molecule has 0 aliphatic carbocycles. The predicted molar refractivity (Wildman–Crippen MR) is 94.1 cm³/mol. The highest BCUT2D eigenvalue weighted by Crippen LogP contribution is 2.47. The normalized spacial score (nSPS) is 24.9.